The molecule has 174 valence electrons. The topological polar surface area (TPSA) is 107 Å². The predicted molar refractivity (Wildman–Crippen MR) is 132 cm³/mol. The highest BCUT2D eigenvalue weighted by molar-refractivity contribution is 8.00. The second kappa shape index (κ2) is 8.76. The van der Waals surface area contributed by atoms with Gasteiger partial charge in [-0.2, -0.15) is 15.5 Å². The second-order valence-electron chi connectivity index (χ2n) is 8.57. The van der Waals surface area contributed by atoms with E-state index in [1.165, 1.54) is 11.8 Å². The molecule has 1 fully saturated rings. The summed E-state index contributed by atoms with van der Waals surface area (Å²) in [5.41, 5.74) is 2.90. The molecular formula is C24H26N8OS. The lowest BCUT2D eigenvalue weighted by Gasteiger charge is -2.54. The van der Waals surface area contributed by atoms with Crippen molar-refractivity contribution >= 4 is 28.9 Å². The van der Waals surface area contributed by atoms with Crippen molar-refractivity contribution in [3.05, 3.63) is 61.1 Å². The van der Waals surface area contributed by atoms with Crippen molar-refractivity contribution in [2.75, 3.05) is 24.2 Å². The highest BCUT2D eigenvalue weighted by Gasteiger charge is 2.51. The van der Waals surface area contributed by atoms with E-state index in [-0.39, 0.29) is 0 Å². The number of hydrogen-bond donors (Lipinski definition) is 2. The predicted octanol–water partition coefficient (Wildman–Crippen LogP) is 3.68. The smallest absolute Gasteiger partial charge is 0.163 e. The summed E-state index contributed by atoms with van der Waals surface area (Å²) in [5, 5.41) is 31.8. The maximum atomic E-state index is 10.8. The van der Waals surface area contributed by atoms with Gasteiger partial charge in [0.05, 0.1) is 30.6 Å². The van der Waals surface area contributed by atoms with E-state index in [4.69, 9.17) is 0 Å². The molecule has 2 N–H and O–H groups in total. The first-order chi connectivity index (χ1) is 16.4. The molecule has 34 heavy (non-hydrogen) atoms. The highest BCUT2D eigenvalue weighted by atomic mass is 32.2. The molecule has 3 aromatic heterocycles. The summed E-state index contributed by atoms with van der Waals surface area (Å²) in [7, 11) is 0. The Hall–Kier alpha value is -3.39. The van der Waals surface area contributed by atoms with Gasteiger partial charge in [0, 0.05) is 42.7 Å². The third kappa shape index (κ3) is 4.03. The molecular weight excluding hydrogens is 448 g/mol. The summed E-state index contributed by atoms with van der Waals surface area (Å²) in [4.78, 5) is 6.65. The molecule has 4 aromatic rings. The molecule has 4 heterocycles. The van der Waals surface area contributed by atoms with Gasteiger partial charge in [-0.05, 0) is 24.8 Å². The van der Waals surface area contributed by atoms with Crippen molar-refractivity contribution in [1.82, 2.24) is 29.3 Å². The van der Waals surface area contributed by atoms with Gasteiger partial charge in [0.1, 0.15) is 11.4 Å². The average Bonchev–Trinajstić information content (AvgIpc) is 3.46. The zero-order valence-corrected chi connectivity index (χ0v) is 19.9. The largest absolute Gasteiger partial charge is 0.367 e. The fraction of sp³-hybridized carbons (Fsp3) is 0.333. The lowest BCUT2D eigenvalue weighted by atomic mass is 9.86. The van der Waals surface area contributed by atoms with Gasteiger partial charge >= 0.3 is 0 Å². The Morgan fingerprint density at radius 1 is 1.24 bits per heavy atom. The molecule has 1 atom stereocenters. The molecule has 0 saturated carbocycles. The SMILES string of the molecule is CCSC(C)(O)N1CC(CC#N)(n2cc(-c3cc(Nc4ccccc4)nc4ccnn34)cn2)C1. The van der Waals surface area contributed by atoms with Gasteiger partial charge in [0.2, 0.25) is 0 Å². The lowest BCUT2D eigenvalue weighted by Crippen LogP contribution is -2.68. The Kier molecular flexibility index (Phi) is 5.77. The molecule has 9 nitrogen and oxygen atoms in total. The van der Waals surface area contributed by atoms with E-state index in [1.54, 1.807) is 23.8 Å². The van der Waals surface area contributed by atoms with Crippen LogP contribution in [-0.2, 0) is 5.54 Å². The van der Waals surface area contributed by atoms with Gasteiger partial charge in [-0.25, -0.2) is 9.50 Å². The minimum absolute atomic E-state index is 0.311. The fourth-order valence-corrected chi connectivity index (χ4v) is 5.23. The monoisotopic (exact) mass is 474 g/mol. The summed E-state index contributed by atoms with van der Waals surface area (Å²) >= 11 is 1.48. The van der Waals surface area contributed by atoms with Crippen molar-refractivity contribution < 1.29 is 5.11 Å². The second-order valence-corrected chi connectivity index (χ2v) is 10.2. The number of fused-ring (bicyclic) bond motifs is 1. The maximum Gasteiger partial charge on any atom is 0.163 e. The number of rotatable bonds is 8. The van der Waals surface area contributed by atoms with E-state index in [0.717, 1.165) is 28.3 Å². The Balaban J connectivity index is 1.47. The minimum atomic E-state index is -0.964. The summed E-state index contributed by atoms with van der Waals surface area (Å²) in [6.07, 6.45) is 5.78. The first-order valence-corrected chi connectivity index (χ1v) is 12.1. The molecule has 0 aliphatic carbocycles. The molecule has 1 saturated heterocycles. The Morgan fingerprint density at radius 2 is 2.03 bits per heavy atom. The van der Waals surface area contributed by atoms with Crippen molar-refractivity contribution in [2.24, 2.45) is 0 Å². The lowest BCUT2D eigenvalue weighted by molar-refractivity contribution is -0.117. The number of aromatic nitrogens is 5. The van der Waals surface area contributed by atoms with Crippen LogP contribution in [0.4, 0.5) is 11.5 Å². The van der Waals surface area contributed by atoms with Gasteiger partial charge in [-0.3, -0.25) is 9.58 Å². The van der Waals surface area contributed by atoms with Crippen molar-refractivity contribution in [3.8, 4) is 17.3 Å². The van der Waals surface area contributed by atoms with Crippen LogP contribution in [0.5, 0.6) is 0 Å². The van der Waals surface area contributed by atoms with Crippen LogP contribution in [0.3, 0.4) is 0 Å². The van der Waals surface area contributed by atoms with Crippen LogP contribution in [0.25, 0.3) is 16.9 Å². The van der Waals surface area contributed by atoms with Gasteiger partial charge in [-0.1, -0.05) is 25.1 Å². The minimum Gasteiger partial charge on any atom is -0.367 e. The standard InChI is InChI=1S/C24H26N8OS/c1-3-34-23(2,33)30-16-24(17-30,10-11-25)31-15-18(14-27-31)20-13-21(28-19-7-5-4-6-8-19)29-22-9-12-26-32(20)22/h4-9,12-15,33H,3,10,16-17H2,1-2H3,(H,28,29). The van der Waals surface area contributed by atoms with E-state index < -0.39 is 10.6 Å². The Bertz CT molecular complexity index is 1330. The molecule has 0 spiro atoms. The molecule has 1 aliphatic heterocycles. The number of nitrogens with zero attached hydrogens (tertiary/aromatic N) is 7. The molecule has 0 radical (unpaired) electrons. The Morgan fingerprint density at radius 3 is 2.76 bits per heavy atom. The number of nitrogens with one attached hydrogen (secondary N) is 1. The first-order valence-electron chi connectivity index (χ1n) is 11.1. The van der Waals surface area contributed by atoms with E-state index in [9.17, 15) is 10.4 Å². The number of thioether (sulfide) groups is 1. The average molecular weight is 475 g/mol. The Labute approximate surface area is 202 Å². The summed E-state index contributed by atoms with van der Waals surface area (Å²) in [6.45, 7) is 4.93. The van der Waals surface area contributed by atoms with Crippen molar-refractivity contribution in [2.45, 2.75) is 30.9 Å². The summed E-state index contributed by atoms with van der Waals surface area (Å²) in [6, 6.07) is 16.0. The quantitative estimate of drug-likeness (QED) is 0.373. The third-order valence-corrected chi connectivity index (χ3v) is 7.25. The number of benzene rings is 1. The normalized spacial score (nSPS) is 17.1. The zero-order valence-electron chi connectivity index (χ0n) is 19.1. The van der Waals surface area contributed by atoms with Crippen LogP contribution in [0, 0.1) is 11.3 Å². The van der Waals surface area contributed by atoms with E-state index >= 15 is 0 Å². The molecule has 5 rings (SSSR count). The number of likely N-dealkylation sites (tertiary alicyclic amines) is 1. The molecule has 1 aromatic carbocycles. The van der Waals surface area contributed by atoms with Crippen LogP contribution in [0.2, 0.25) is 0 Å². The van der Waals surface area contributed by atoms with Gasteiger partial charge in [-0.15, -0.1) is 11.8 Å². The summed E-state index contributed by atoms with van der Waals surface area (Å²) < 4.78 is 3.65. The van der Waals surface area contributed by atoms with E-state index in [2.05, 4.69) is 26.6 Å². The van der Waals surface area contributed by atoms with Crippen LogP contribution < -0.4 is 5.32 Å². The van der Waals surface area contributed by atoms with E-state index in [1.807, 2.05) is 65.2 Å². The number of anilines is 2. The van der Waals surface area contributed by atoms with Crippen molar-refractivity contribution in [1.29, 1.82) is 5.26 Å². The summed E-state index contributed by atoms with van der Waals surface area (Å²) in [5.74, 6) is 1.51. The van der Waals surface area contributed by atoms with Gasteiger partial charge in [0.25, 0.3) is 0 Å². The number of nitriles is 1. The van der Waals surface area contributed by atoms with Crippen LogP contribution in [-0.4, -0.2) is 58.3 Å². The van der Waals surface area contributed by atoms with E-state index in [0.29, 0.717) is 25.3 Å². The molecule has 0 amide bonds. The van der Waals surface area contributed by atoms with Gasteiger partial charge in [0.15, 0.2) is 10.7 Å². The molecule has 10 heteroatoms. The van der Waals surface area contributed by atoms with Gasteiger partial charge < -0.3 is 10.4 Å². The van der Waals surface area contributed by atoms with Crippen molar-refractivity contribution in [3.63, 3.8) is 0 Å². The highest BCUT2D eigenvalue weighted by Crippen LogP contribution is 2.40. The number of aliphatic hydroxyl groups is 1. The number of hydrogen-bond acceptors (Lipinski definition) is 8. The molecule has 0 bridgehead atoms. The van der Waals surface area contributed by atoms with Crippen LogP contribution in [0.1, 0.15) is 20.3 Å². The van der Waals surface area contributed by atoms with Crippen LogP contribution in [0.15, 0.2) is 61.1 Å². The number of para-hydroxylation sites is 1. The molecule has 1 unspecified atom stereocenters. The molecule has 1 aliphatic rings. The zero-order chi connectivity index (χ0) is 23.8. The van der Waals surface area contributed by atoms with Crippen LogP contribution >= 0.6 is 11.8 Å². The maximum absolute atomic E-state index is 10.8. The third-order valence-electron chi connectivity index (χ3n) is 6.15. The first kappa shape index (κ1) is 22.4. The fourth-order valence-electron chi connectivity index (χ4n) is 4.37.